The molecule has 0 aromatic rings. The van der Waals surface area contributed by atoms with E-state index in [0.717, 1.165) is 12.3 Å². The molecule has 0 atom stereocenters. The maximum absolute atomic E-state index is 11.1. The van der Waals surface area contributed by atoms with Crippen LogP contribution in [0.1, 0.15) is 53.9 Å². The largest absolute Gasteiger partial charge is 0.299 e. The predicted octanol–water partition coefficient (Wildman–Crippen LogP) is 3.43. The van der Waals surface area contributed by atoms with Crippen molar-refractivity contribution >= 4 is 5.78 Å². The molecule has 0 bridgehead atoms. The fourth-order valence-corrected chi connectivity index (χ4v) is 1.13. The molecular weight excluding hydrogens is 148 g/mol. The molecule has 0 radical (unpaired) electrons. The van der Waals surface area contributed by atoms with Crippen molar-refractivity contribution in [1.82, 2.24) is 0 Å². The molecule has 0 aliphatic carbocycles. The Hall–Kier alpha value is -0.330. The number of rotatable bonds is 5. The lowest BCUT2D eigenvalue weighted by Crippen LogP contribution is -2.21. The highest BCUT2D eigenvalue weighted by Gasteiger charge is 2.22. The molecule has 1 nitrogen and oxygen atoms in total. The van der Waals surface area contributed by atoms with Gasteiger partial charge in [-0.2, -0.15) is 0 Å². The average Bonchev–Trinajstić information content (AvgIpc) is 1.85. The minimum absolute atomic E-state index is 0.102. The molecule has 0 rings (SSSR count). The Morgan fingerprint density at radius 3 is 2.17 bits per heavy atom. The Labute approximate surface area is 76.6 Å². The average molecular weight is 170 g/mol. The highest BCUT2D eigenvalue weighted by atomic mass is 16.1. The maximum atomic E-state index is 11.1. The molecule has 0 saturated carbocycles. The van der Waals surface area contributed by atoms with Crippen LogP contribution in [-0.2, 0) is 4.79 Å². The minimum Gasteiger partial charge on any atom is -0.299 e. The Kier molecular flexibility index (Phi) is 4.51. The number of hydrogen-bond acceptors (Lipinski definition) is 1. The first kappa shape index (κ1) is 11.7. The monoisotopic (exact) mass is 170 g/mol. The summed E-state index contributed by atoms with van der Waals surface area (Å²) in [7, 11) is 0. The molecular formula is C11H22O. The van der Waals surface area contributed by atoms with Gasteiger partial charge in [0.15, 0.2) is 0 Å². The highest BCUT2D eigenvalue weighted by molar-refractivity contribution is 5.81. The van der Waals surface area contributed by atoms with E-state index in [4.69, 9.17) is 0 Å². The third-order valence-electron chi connectivity index (χ3n) is 2.54. The van der Waals surface area contributed by atoms with Crippen LogP contribution in [0.2, 0.25) is 0 Å². The van der Waals surface area contributed by atoms with Gasteiger partial charge in [-0.15, -0.1) is 0 Å². The van der Waals surface area contributed by atoms with Crippen molar-refractivity contribution in [2.24, 2.45) is 11.3 Å². The molecule has 0 saturated heterocycles. The number of carbonyl (C=O) groups is 1. The molecule has 0 aliphatic heterocycles. The molecule has 0 aromatic heterocycles. The van der Waals surface area contributed by atoms with E-state index in [1.807, 2.05) is 13.8 Å². The van der Waals surface area contributed by atoms with E-state index in [2.05, 4.69) is 13.8 Å². The number of Topliss-reactive ketones (excluding diaryl/α,β-unsaturated/α-hetero) is 1. The molecule has 12 heavy (non-hydrogen) atoms. The summed E-state index contributed by atoms with van der Waals surface area (Å²) in [5.41, 5.74) is -0.102. The van der Waals surface area contributed by atoms with Crippen LogP contribution in [0.25, 0.3) is 0 Å². The molecule has 0 aliphatic rings. The lowest BCUT2D eigenvalue weighted by Gasteiger charge is -2.21. The Morgan fingerprint density at radius 1 is 1.33 bits per heavy atom. The fourth-order valence-electron chi connectivity index (χ4n) is 1.13. The van der Waals surface area contributed by atoms with Crippen molar-refractivity contribution in [1.29, 1.82) is 0 Å². The van der Waals surface area contributed by atoms with Gasteiger partial charge in [0.25, 0.3) is 0 Å². The molecule has 0 spiro atoms. The first-order valence-corrected chi connectivity index (χ1v) is 4.87. The topological polar surface area (TPSA) is 17.1 Å². The smallest absolute Gasteiger partial charge is 0.135 e. The third-order valence-corrected chi connectivity index (χ3v) is 2.54. The van der Waals surface area contributed by atoms with E-state index in [1.54, 1.807) is 6.92 Å². The molecule has 0 N–H and O–H groups in total. The number of hydrogen-bond donors (Lipinski definition) is 0. The van der Waals surface area contributed by atoms with Crippen molar-refractivity contribution in [3.05, 3.63) is 0 Å². The highest BCUT2D eigenvalue weighted by Crippen LogP contribution is 2.25. The summed E-state index contributed by atoms with van der Waals surface area (Å²) in [6.45, 7) is 10.2. The van der Waals surface area contributed by atoms with Gasteiger partial charge in [0, 0.05) is 5.41 Å². The molecule has 0 unspecified atom stereocenters. The second-order valence-electron chi connectivity index (χ2n) is 4.73. The van der Waals surface area contributed by atoms with E-state index in [0.29, 0.717) is 5.78 Å². The van der Waals surface area contributed by atoms with Gasteiger partial charge in [0.05, 0.1) is 0 Å². The summed E-state index contributed by atoms with van der Waals surface area (Å²) in [6, 6.07) is 0. The van der Waals surface area contributed by atoms with Gasteiger partial charge >= 0.3 is 0 Å². The predicted molar refractivity (Wildman–Crippen MR) is 53.2 cm³/mol. The zero-order chi connectivity index (χ0) is 9.78. The van der Waals surface area contributed by atoms with E-state index in [9.17, 15) is 4.79 Å². The van der Waals surface area contributed by atoms with Crippen LogP contribution in [-0.4, -0.2) is 5.78 Å². The third kappa shape index (κ3) is 4.53. The fraction of sp³-hybridized carbons (Fsp3) is 0.909. The van der Waals surface area contributed by atoms with Gasteiger partial charge in [-0.25, -0.2) is 0 Å². The zero-order valence-corrected chi connectivity index (χ0v) is 9.11. The minimum atomic E-state index is -0.102. The Morgan fingerprint density at radius 2 is 1.83 bits per heavy atom. The van der Waals surface area contributed by atoms with Crippen LogP contribution >= 0.6 is 0 Å². The standard InChI is InChI=1S/C11H22O/c1-9(2)7-6-8-11(4,5)10(3)12/h9H,6-8H2,1-5H3. The van der Waals surface area contributed by atoms with Crippen molar-refractivity contribution < 1.29 is 4.79 Å². The molecule has 72 valence electrons. The first-order chi connectivity index (χ1) is 5.36. The molecule has 0 amide bonds. The lowest BCUT2D eigenvalue weighted by molar-refractivity contribution is -0.125. The van der Waals surface area contributed by atoms with Gasteiger partial charge in [0.1, 0.15) is 5.78 Å². The second kappa shape index (κ2) is 4.64. The van der Waals surface area contributed by atoms with Crippen molar-refractivity contribution in [3.63, 3.8) is 0 Å². The Balaban J connectivity index is 3.69. The van der Waals surface area contributed by atoms with Crippen LogP contribution in [0.3, 0.4) is 0 Å². The van der Waals surface area contributed by atoms with Crippen LogP contribution < -0.4 is 0 Å². The summed E-state index contributed by atoms with van der Waals surface area (Å²) in [4.78, 5) is 11.1. The van der Waals surface area contributed by atoms with Crippen LogP contribution in [0.4, 0.5) is 0 Å². The normalized spacial score (nSPS) is 12.2. The molecule has 0 heterocycles. The molecule has 0 fully saturated rings. The number of carbonyl (C=O) groups excluding carboxylic acids is 1. The van der Waals surface area contributed by atoms with E-state index in [-0.39, 0.29) is 5.41 Å². The lowest BCUT2D eigenvalue weighted by atomic mass is 9.83. The summed E-state index contributed by atoms with van der Waals surface area (Å²) in [5.74, 6) is 1.07. The Bertz CT molecular complexity index is 145. The summed E-state index contributed by atoms with van der Waals surface area (Å²) >= 11 is 0. The van der Waals surface area contributed by atoms with Crippen LogP contribution in [0, 0.1) is 11.3 Å². The van der Waals surface area contributed by atoms with Gasteiger partial charge in [-0.3, -0.25) is 4.79 Å². The van der Waals surface area contributed by atoms with Gasteiger partial charge in [-0.1, -0.05) is 40.5 Å². The summed E-state index contributed by atoms with van der Waals surface area (Å²) in [5, 5.41) is 0. The van der Waals surface area contributed by atoms with Gasteiger partial charge in [-0.05, 0) is 19.3 Å². The molecule has 0 aromatic carbocycles. The van der Waals surface area contributed by atoms with Crippen LogP contribution in [0.5, 0.6) is 0 Å². The van der Waals surface area contributed by atoms with Gasteiger partial charge < -0.3 is 0 Å². The van der Waals surface area contributed by atoms with Gasteiger partial charge in [0.2, 0.25) is 0 Å². The van der Waals surface area contributed by atoms with Crippen molar-refractivity contribution in [3.8, 4) is 0 Å². The van der Waals surface area contributed by atoms with E-state index in [1.165, 1.54) is 12.8 Å². The van der Waals surface area contributed by atoms with E-state index >= 15 is 0 Å². The van der Waals surface area contributed by atoms with E-state index < -0.39 is 0 Å². The maximum Gasteiger partial charge on any atom is 0.135 e. The summed E-state index contributed by atoms with van der Waals surface area (Å²) < 4.78 is 0. The van der Waals surface area contributed by atoms with Crippen LogP contribution in [0.15, 0.2) is 0 Å². The summed E-state index contributed by atoms with van der Waals surface area (Å²) in [6.07, 6.45) is 3.43. The quantitative estimate of drug-likeness (QED) is 0.618. The second-order valence-corrected chi connectivity index (χ2v) is 4.73. The van der Waals surface area contributed by atoms with Crippen molar-refractivity contribution in [2.45, 2.75) is 53.9 Å². The SMILES string of the molecule is CC(=O)C(C)(C)CCCC(C)C. The molecule has 1 heteroatoms. The van der Waals surface area contributed by atoms with Crippen molar-refractivity contribution in [2.75, 3.05) is 0 Å². The zero-order valence-electron chi connectivity index (χ0n) is 9.11. The first-order valence-electron chi connectivity index (χ1n) is 4.87. The number of ketones is 1.